The molecule has 0 aliphatic carbocycles. The molecule has 3 N–H and O–H groups in total. The number of hydrogen-bond donors (Lipinski definition) is 2. The molecule has 2 rings (SSSR count). The lowest BCUT2D eigenvalue weighted by Crippen LogP contribution is -2.24. The predicted octanol–water partition coefficient (Wildman–Crippen LogP) is -0.470. The monoisotopic (exact) mass is 252 g/mol. The number of hydrogen-bond acceptors (Lipinski definition) is 5. The normalized spacial score (nSPS) is 10.6. The van der Waals surface area contributed by atoms with E-state index >= 15 is 0 Å². The Morgan fingerprint density at radius 2 is 2.47 bits per heavy atom. The average Bonchev–Trinajstić information content (AvgIpc) is 2.67. The molecule has 0 aromatic carbocycles. The second-order valence-corrected chi connectivity index (χ2v) is 4.17. The molecule has 0 radical (unpaired) electrons. The van der Waals surface area contributed by atoms with Gasteiger partial charge in [0.05, 0.1) is 4.99 Å². The van der Waals surface area contributed by atoms with Crippen LogP contribution in [0.3, 0.4) is 0 Å². The molecule has 17 heavy (non-hydrogen) atoms. The fraction of sp³-hybridized carbons (Fsp3) is 0.333. The van der Waals surface area contributed by atoms with Gasteiger partial charge in [0.2, 0.25) is 0 Å². The first kappa shape index (κ1) is 11.5. The fourth-order valence-electron chi connectivity index (χ4n) is 1.40. The van der Waals surface area contributed by atoms with Crippen LogP contribution in [-0.2, 0) is 0 Å². The van der Waals surface area contributed by atoms with Crippen molar-refractivity contribution in [3.05, 3.63) is 22.9 Å². The number of aromatic nitrogens is 4. The van der Waals surface area contributed by atoms with Gasteiger partial charge in [0.25, 0.3) is 0 Å². The first-order valence-corrected chi connectivity index (χ1v) is 5.41. The Bertz CT molecular complexity index is 603. The summed E-state index contributed by atoms with van der Waals surface area (Å²) >= 11 is 4.81. The summed E-state index contributed by atoms with van der Waals surface area (Å²) in [4.78, 5) is 17.8. The van der Waals surface area contributed by atoms with Crippen LogP contribution in [0.5, 0.6) is 0 Å². The number of aromatic amines is 1. The van der Waals surface area contributed by atoms with Crippen molar-refractivity contribution in [3.63, 3.8) is 0 Å². The van der Waals surface area contributed by atoms with Crippen molar-refractivity contribution in [2.75, 3.05) is 18.5 Å². The number of nitrogens with zero attached hydrogens (tertiary/aromatic N) is 4. The Labute approximate surface area is 102 Å². The molecule has 0 amide bonds. The Balaban J connectivity index is 2.23. The van der Waals surface area contributed by atoms with Gasteiger partial charge in [-0.3, -0.25) is 0 Å². The molecule has 2 aromatic rings. The number of nitrogens with one attached hydrogen (secondary N) is 1. The third kappa shape index (κ3) is 2.41. The molecule has 7 nitrogen and oxygen atoms in total. The summed E-state index contributed by atoms with van der Waals surface area (Å²) in [6.07, 6.45) is 2.06. The number of thiocarbonyl (C=S) groups is 1. The van der Waals surface area contributed by atoms with Gasteiger partial charge < -0.3 is 10.6 Å². The second-order valence-electron chi connectivity index (χ2n) is 3.64. The van der Waals surface area contributed by atoms with Gasteiger partial charge in [-0.25, -0.2) is 19.3 Å². The average molecular weight is 252 g/mol. The minimum Gasteiger partial charge on any atom is -0.393 e. The highest BCUT2D eigenvalue weighted by Gasteiger charge is 2.06. The third-order valence-electron chi connectivity index (χ3n) is 2.38. The quantitative estimate of drug-likeness (QED) is 0.715. The van der Waals surface area contributed by atoms with Crippen molar-refractivity contribution >= 4 is 28.7 Å². The van der Waals surface area contributed by atoms with Crippen LogP contribution in [0.15, 0.2) is 17.2 Å². The van der Waals surface area contributed by atoms with Crippen LogP contribution in [0.4, 0.5) is 5.82 Å². The summed E-state index contributed by atoms with van der Waals surface area (Å²) in [6.45, 7) is 0.674. The van der Waals surface area contributed by atoms with Crippen LogP contribution < -0.4 is 16.3 Å². The number of nitrogens with two attached hydrogens (primary N) is 1. The lowest BCUT2D eigenvalue weighted by molar-refractivity contribution is 0.886. The molecule has 8 heteroatoms. The van der Waals surface area contributed by atoms with E-state index in [4.69, 9.17) is 18.0 Å². The highest BCUT2D eigenvalue weighted by Crippen LogP contribution is 2.09. The molecule has 0 spiro atoms. The fourth-order valence-corrected chi connectivity index (χ4v) is 1.49. The van der Waals surface area contributed by atoms with Crippen LogP contribution in [0.2, 0.25) is 0 Å². The summed E-state index contributed by atoms with van der Waals surface area (Å²) in [5.74, 6) is 0.716. The summed E-state index contributed by atoms with van der Waals surface area (Å²) < 4.78 is 1.34. The van der Waals surface area contributed by atoms with Gasteiger partial charge in [-0.1, -0.05) is 12.2 Å². The topological polar surface area (TPSA) is 92.3 Å². The van der Waals surface area contributed by atoms with E-state index < -0.39 is 0 Å². The van der Waals surface area contributed by atoms with Crippen LogP contribution in [-0.4, -0.2) is 38.2 Å². The molecule has 0 unspecified atom stereocenters. The van der Waals surface area contributed by atoms with E-state index in [9.17, 15) is 4.79 Å². The molecule has 0 aliphatic rings. The van der Waals surface area contributed by atoms with Crippen LogP contribution >= 0.6 is 12.2 Å². The molecule has 90 valence electrons. The lowest BCUT2D eigenvalue weighted by atomic mass is 10.4. The summed E-state index contributed by atoms with van der Waals surface area (Å²) in [5.41, 5.74) is 5.66. The van der Waals surface area contributed by atoms with Crippen molar-refractivity contribution < 1.29 is 0 Å². The first-order chi connectivity index (χ1) is 8.08. The maximum absolute atomic E-state index is 11.2. The minimum absolute atomic E-state index is 0.301. The Kier molecular flexibility index (Phi) is 3.05. The number of rotatable bonds is 4. The van der Waals surface area contributed by atoms with E-state index in [-0.39, 0.29) is 5.69 Å². The largest absolute Gasteiger partial charge is 0.393 e. The minimum atomic E-state index is -0.301. The van der Waals surface area contributed by atoms with E-state index in [0.29, 0.717) is 29.4 Å². The molecule has 0 aliphatic heterocycles. The van der Waals surface area contributed by atoms with E-state index in [0.717, 1.165) is 0 Å². The van der Waals surface area contributed by atoms with Gasteiger partial charge in [-0.05, 0) is 0 Å². The highest BCUT2D eigenvalue weighted by atomic mass is 32.1. The van der Waals surface area contributed by atoms with Crippen molar-refractivity contribution in [1.29, 1.82) is 0 Å². The molecule has 0 saturated carbocycles. The van der Waals surface area contributed by atoms with Gasteiger partial charge >= 0.3 is 5.69 Å². The SMILES string of the molecule is CN(CCC(N)=S)c1cc2n[nH]c(=O)n2cn1. The van der Waals surface area contributed by atoms with Crippen LogP contribution in [0.25, 0.3) is 5.65 Å². The number of H-pyrrole nitrogens is 1. The summed E-state index contributed by atoms with van der Waals surface area (Å²) in [6, 6.07) is 1.72. The van der Waals surface area contributed by atoms with E-state index in [1.165, 1.54) is 10.7 Å². The number of fused-ring (bicyclic) bond motifs is 1. The Morgan fingerprint density at radius 1 is 1.71 bits per heavy atom. The van der Waals surface area contributed by atoms with E-state index in [1.807, 2.05) is 11.9 Å². The smallest absolute Gasteiger partial charge is 0.348 e. The van der Waals surface area contributed by atoms with Crippen molar-refractivity contribution in [2.45, 2.75) is 6.42 Å². The lowest BCUT2D eigenvalue weighted by Gasteiger charge is -2.17. The molecule has 0 bridgehead atoms. The Hall–Kier alpha value is -1.96. The van der Waals surface area contributed by atoms with Gasteiger partial charge in [0.1, 0.15) is 12.1 Å². The number of anilines is 1. The molecule has 0 fully saturated rings. The molecular formula is C9H12N6OS. The zero-order chi connectivity index (χ0) is 12.4. The third-order valence-corrected chi connectivity index (χ3v) is 2.58. The van der Waals surface area contributed by atoms with Gasteiger partial charge in [-0.15, -0.1) is 0 Å². The highest BCUT2D eigenvalue weighted by molar-refractivity contribution is 7.80. The summed E-state index contributed by atoms with van der Waals surface area (Å²) in [7, 11) is 1.88. The zero-order valence-electron chi connectivity index (χ0n) is 9.25. The molecule has 2 aromatic heterocycles. The zero-order valence-corrected chi connectivity index (χ0v) is 10.1. The maximum atomic E-state index is 11.2. The van der Waals surface area contributed by atoms with E-state index in [1.54, 1.807) is 6.07 Å². The van der Waals surface area contributed by atoms with Crippen LogP contribution in [0.1, 0.15) is 6.42 Å². The standard InChI is InChI=1S/C9H12N6OS/c1-14(3-2-6(10)17)7-4-8-12-13-9(16)15(8)5-11-7/h4-5H,2-3H2,1H3,(H2,10,17)(H,13,16). The van der Waals surface area contributed by atoms with E-state index in [2.05, 4.69) is 15.2 Å². The van der Waals surface area contributed by atoms with Gasteiger partial charge in [-0.2, -0.15) is 5.10 Å². The van der Waals surface area contributed by atoms with Gasteiger partial charge in [0.15, 0.2) is 5.65 Å². The van der Waals surface area contributed by atoms with Crippen molar-refractivity contribution in [2.24, 2.45) is 5.73 Å². The molecule has 0 atom stereocenters. The van der Waals surface area contributed by atoms with Crippen LogP contribution in [0, 0.1) is 0 Å². The first-order valence-electron chi connectivity index (χ1n) is 5.00. The summed E-state index contributed by atoms with van der Waals surface area (Å²) in [5, 5.41) is 6.22. The maximum Gasteiger partial charge on any atom is 0.348 e. The Morgan fingerprint density at radius 3 is 3.18 bits per heavy atom. The van der Waals surface area contributed by atoms with Crippen molar-refractivity contribution in [3.8, 4) is 0 Å². The molecular weight excluding hydrogens is 240 g/mol. The van der Waals surface area contributed by atoms with Crippen molar-refractivity contribution in [1.82, 2.24) is 19.6 Å². The molecule has 2 heterocycles. The predicted molar refractivity (Wildman–Crippen MR) is 68.3 cm³/mol. The molecule has 0 saturated heterocycles. The van der Waals surface area contributed by atoms with Gasteiger partial charge in [0, 0.05) is 26.1 Å². The second kappa shape index (κ2) is 4.50.